The highest BCUT2D eigenvalue weighted by molar-refractivity contribution is 6.15. The first-order chi connectivity index (χ1) is 15.9. The molecule has 0 atom stereocenters. The highest BCUT2D eigenvalue weighted by Crippen LogP contribution is 2.27. The number of ether oxygens (including phenoxy) is 1. The number of para-hydroxylation sites is 1. The quantitative estimate of drug-likeness (QED) is 0.411. The van der Waals surface area contributed by atoms with E-state index in [9.17, 15) is 18.8 Å². The van der Waals surface area contributed by atoms with E-state index in [4.69, 9.17) is 4.74 Å². The molecule has 4 aromatic rings. The first kappa shape index (κ1) is 21.8. The summed E-state index contributed by atoms with van der Waals surface area (Å²) in [4.78, 5) is 37.5. The van der Waals surface area contributed by atoms with Gasteiger partial charge in [-0.1, -0.05) is 24.3 Å². The molecule has 166 valence electrons. The Labute approximate surface area is 188 Å². The van der Waals surface area contributed by atoms with Gasteiger partial charge in [-0.05, 0) is 42.5 Å². The number of nitrogens with zero attached hydrogens (tertiary/aromatic N) is 1. The number of amides is 1. The molecule has 7 nitrogen and oxygen atoms in total. The van der Waals surface area contributed by atoms with Crippen molar-refractivity contribution in [3.05, 3.63) is 89.9 Å². The average Bonchev–Trinajstić information content (AvgIpc) is 3.19. The molecule has 2 N–H and O–H groups in total. The molecule has 1 aromatic heterocycles. The number of nitrogens with one attached hydrogen (secondary N) is 2. The fourth-order valence-electron chi connectivity index (χ4n) is 3.56. The zero-order valence-electron chi connectivity index (χ0n) is 17.9. The zero-order valence-corrected chi connectivity index (χ0v) is 17.9. The van der Waals surface area contributed by atoms with Gasteiger partial charge in [0.15, 0.2) is 0 Å². The Morgan fingerprint density at radius 2 is 1.67 bits per heavy atom. The molecule has 0 fully saturated rings. The molecule has 0 aliphatic rings. The maximum absolute atomic E-state index is 13.5. The number of carbonyl (C=O) groups excluding carboxylic acids is 3. The molecule has 0 aliphatic heterocycles. The number of hydrogen-bond acceptors (Lipinski definition) is 5. The van der Waals surface area contributed by atoms with E-state index in [1.807, 2.05) is 0 Å². The van der Waals surface area contributed by atoms with Gasteiger partial charge in [-0.3, -0.25) is 14.2 Å². The van der Waals surface area contributed by atoms with Crippen molar-refractivity contribution in [1.82, 2.24) is 4.57 Å². The Balaban J connectivity index is 1.71. The van der Waals surface area contributed by atoms with E-state index in [1.165, 1.54) is 43.0 Å². The fourth-order valence-corrected chi connectivity index (χ4v) is 3.56. The van der Waals surface area contributed by atoms with Gasteiger partial charge in [-0.15, -0.1) is 0 Å². The highest BCUT2D eigenvalue weighted by Gasteiger charge is 2.20. The zero-order chi connectivity index (χ0) is 23.5. The molecule has 33 heavy (non-hydrogen) atoms. The molecular formula is C25H20FN3O4. The maximum atomic E-state index is 13.5. The Morgan fingerprint density at radius 1 is 0.909 bits per heavy atom. The number of benzene rings is 3. The minimum Gasteiger partial charge on any atom is -0.465 e. The van der Waals surface area contributed by atoms with Crippen molar-refractivity contribution in [3.8, 4) is 0 Å². The van der Waals surface area contributed by atoms with Gasteiger partial charge >= 0.3 is 5.97 Å². The van der Waals surface area contributed by atoms with Crippen LogP contribution in [0.2, 0.25) is 0 Å². The van der Waals surface area contributed by atoms with Gasteiger partial charge in [-0.2, -0.15) is 0 Å². The van der Waals surface area contributed by atoms with E-state index >= 15 is 0 Å². The first-order valence-corrected chi connectivity index (χ1v) is 10.0. The van der Waals surface area contributed by atoms with E-state index in [1.54, 1.807) is 48.5 Å². The Morgan fingerprint density at radius 3 is 2.39 bits per heavy atom. The van der Waals surface area contributed by atoms with Crippen molar-refractivity contribution in [2.75, 3.05) is 17.7 Å². The molecule has 1 heterocycles. The molecule has 1 amide bonds. The number of aromatic nitrogens is 1. The number of carbonyl (C=O) groups is 3. The van der Waals surface area contributed by atoms with Gasteiger partial charge in [0.2, 0.25) is 5.91 Å². The molecule has 0 unspecified atom stereocenters. The van der Waals surface area contributed by atoms with E-state index in [0.717, 1.165) is 0 Å². The molecule has 8 heteroatoms. The van der Waals surface area contributed by atoms with Crippen molar-refractivity contribution >= 4 is 45.7 Å². The van der Waals surface area contributed by atoms with Gasteiger partial charge in [0.1, 0.15) is 5.82 Å². The smallest absolute Gasteiger partial charge is 0.339 e. The number of rotatable bonds is 5. The van der Waals surface area contributed by atoms with Crippen LogP contribution in [0.15, 0.2) is 72.9 Å². The van der Waals surface area contributed by atoms with Gasteiger partial charge in [0.05, 0.1) is 29.4 Å². The number of anilines is 3. The predicted octanol–water partition coefficient (Wildman–Crippen LogP) is 5.22. The minimum absolute atomic E-state index is 0.144. The molecule has 0 aliphatic carbocycles. The number of fused-ring (bicyclic) bond motifs is 1. The molecule has 0 saturated carbocycles. The summed E-state index contributed by atoms with van der Waals surface area (Å²) in [6.07, 6.45) is 1.47. The van der Waals surface area contributed by atoms with Crippen molar-refractivity contribution in [2.45, 2.75) is 6.92 Å². The molecule has 4 rings (SSSR count). The number of methoxy groups -OCH3 is 1. The van der Waals surface area contributed by atoms with Gasteiger partial charge in [-0.25, -0.2) is 9.18 Å². The van der Waals surface area contributed by atoms with E-state index < -0.39 is 17.7 Å². The molecule has 0 spiro atoms. The number of esters is 1. The second kappa shape index (κ2) is 8.96. The summed E-state index contributed by atoms with van der Waals surface area (Å²) in [7, 11) is 1.24. The standard InChI is InChI=1S/C25H20FN3O4/c1-15(30)29-14-21(19-8-3-4-9-23(19)29)24(31)28-22-13-18(10-11-20(22)25(32)33-2)27-17-7-5-6-16(26)12-17/h3-14,27H,1-2H3,(H,28,31). The monoisotopic (exact) mass is 445 g/mol. The second-order valence-electron chi connectivity index (χ2n) is 7.29. The SMILES string of the molecule is COC(=O)c1ccc(Nc2cccc(F)c2)cc1NC(=O)c1cn(C(C)=O)c2ccccc12. The summed E-state index contributed by atoms with van der Waals surface area (Å²) in [5.41, 5.74) is 2.25. The van der Waals surface area contributed by atoms with E-state index in [2.05, 4.69) is 10.6 Å². The lowest BCUT2D eigenvalue weighted by molar-refractivity contribution is 0.0601. The van der Waals surface area contributed by atoms with Crippen LogP contribution in [0.25, 0.3) is 10.9 Å². The summed E-state index contributed by atoms with van der Waals surface area (Å²) in [6.45, 7) is 1.41. The molecular weight excluding hydrogens is 425 g/mol. The Bertz CT molecular complexity index is 1390. The Hall–Kier alpha value is -4.46. The minimum atomic E-state index is -0.631. The predicted molar refractivity (Wildman–Crippen MR) is 124 cm³/mol. The van der Waals surface area contributed by atoms with Crippen LogP contribution >= 0.6 is 0 Å². The lowest BCUT2D eigenvalue weighted by atomic mass is 10.1. The highest BCUT2D eigenvalue weighted by atomic mass is 19.1. The largest absolute Gasteiger partial charge is 0.465 e. The molecule has 0 radical (unpaired) electrons. The van der Waals surface area contributed by atoms with Crippen molar-refractivity contribution in [2.24, 2.45) is 0 Å². The van der Waals surface area contributed by atoms with Crippen LogP contribution in [0, 0.1) is 5.82 Å². The van der Waals surface area contributed by atoms with Crippen LogP contribution in [0.4, 0.5) is 21.5 Å². The summed E-state index contributed by atoms with van der Waals surface area (Å²) in [5, 5.41) is 6.38. The van der Waals surface area contributed by atoms with Crippen molar-refractivity contribution < 1.29 is 23.5 Å². The van der Waals surface area contributed by atoms with Gasteiger partial charge in [0, 0.05) is 29.9 Å². The maximum Gasteiger partial charge on any atom is 0.339 e. The van der Waals surface area contributed by atoms with Crippen molar-refractivity contribution in [3.63, 3.8) is 0 Å². The summed E-state index contributed by atoms with van der Waals surface area (Å²) >= 11 is 0. The summed E-state index contributed by atoms with van der Waals surface area (Å²) in [6, 6.07) is 17.6. The van der Waals surface area contributed by atoms with Crippen LogP contribution in [-0.4, -0.2) is 29.5 Å². The average molecular weight is 445 g/mol. The number of hydrogen-bond donors (Lipinski definition) is 2. The molecule has 3 aromatic carbocycles. The van der Waals surface area contributed by atoms with Crippen LogP contribution in [-0.2, 0) is 4.74 Å². The number of halogens is 1. The third kappa shape index (κ3) is 4.45. The Kier molecular flexibility index (Phi) is 5.91. The van der Waals surface area contributed by atoms with Gasteiger partial charge < -0.3 is 15.4 Å². The summed E-state index contributed by atoms with van der Waals surface area (Å²) < 4.78 is 19.8. The third-order valence-corrected chi connectivity index (χ3v) is 5.08. The van der Waals surface area contributed by atoms with Crippen LogP contribution in [0.1, 0.15) is 32.4 Å². The molecule has 0 saturated heterocycles. The fraction of sp³-hybridized carbons (Fsp3) is 0.0800. The topological polar surface area (TPSA) is 89.4 Å². The van der Waals surface area contributed by atoms with E-state index in [-0.39, 0.29) is 22.7 Å². The molecule has 0 bridgehead atoms. The second-order valence-corrected chi connectivity index (χ2v) is 7.29. The van der Waals surface area contributed by atoms with Gasteiger partial charge in [0.25, 0.3) is 5.91 Å². The van der Waals surface area contributed by atoms with Crippen LogP contribution in [0.3, 0.4) is 0 Å². The summed E-state index contributed by atoms with van der Waals surface area (Å²) in [5.74, 6) is -1.77. The third-order valence-electron chi connectivity index (χ3n) is 5.08. The lowest BCUT2D eigenvalue weighted by Crippen LogP contribution is -2.15. The lowest BCUT2D eigenvalue weighted by Gasteiger charge is -2.13. The van der Waals surface area contributed by atoms with Crippen molar-refractivity contribution in [1.29, 1.82) is 0 Å². The van der Waals surface area contributed by atoms with E-state index in [0.29, 0.717) is 22.3 Å². The van der Waals surface area contributed by atoms with Crippen LogP contribution < -0.4 is 10.6 Å². The normalized spacial score (nSPS) is 10.6. The first-order valence-electron chi connectivity index (χ1n) is 10.0. The van der Waals surface area contributed by atoms with Crippen LogP contribution in [0.5, 0.6) is 0 Å².